The van der Waals surface area contributed by atoms with Crippen LogP contribution in [0.3, 0.4) is 0 Å². The van der Waals surface area contributed by atoms with Crippen molar-refractivity contribution in [3.8, 4) is 5.75 Å². The van der Waals surface area contributed by atoms with Crippen LogP contribution in [0.2, 0.25) is 0 Å². The van der Waals surface area contributed by atoms with Crippen LogP contribution >= 0.6 is 0 Å². The van der Waals surface area contributed by atoms with E-state index in [9.17, 15) is 4.79 Å². The van der Waals surface area contributed by atoms with Gasteiger partial charge in [0.1, 0.15) is 17.9 Å². The van der Waals surface area contributed by atoms with Crippen molar-refractivity contribution in [2.45, 2.75) is 19.4 Å². The van der Waals surface area contributed by atoms with Crippen molar-refractivity contribution in [1.82, 2.24) is 29.3 Å². The fraction of sp³-hybridized carbons (Fsp3) is 0.381. The van der Waals surface area contributed by atoms with Crippen LogP contribution in [-0.2, 0) is 13.6 Å². The Bertz CT molecular complexity index is 1270. The number of benzene rings is 1. The number of fused-ring (bicyclic) bond motifs is 2. The third-order valence-electron chi connectivity index (χ3n) is 5.91. The van der Waals surface area contributed by atoms with Gasteiger partial charge in [0.05, 0.1) is 35.9 Å². The number of aryl methyl sites for hydroxylation is 1. The number of nitrogens with zero attached hydrogens (tertiary/aromatic N) is 7. The predicted molar refractivity (Wildman–Crippen MR) is 114 cm³/mol. The van der Waals surface area contributed by atoms with E-state index < -0.39 is 0 Å². The minimum absolute atomic E-state index is 0.00190. The second-order valence-corrected chi connectivity index (χ2v) is 7.72. The molecule has 1 fully saturated rings. The third-order valence-corrected chi connectivity index (χ3v) is 5.91. The molecule has 1 aromatic carbocycles. The average molecular weight is 405 g/mol. The second-order valence-electron chi connectivity index (χ2n) is 7.72. The Morgan fingerprint density at radius 3 is 2.77 bits per heavy atom. The van der Waals surface area contributed by atoms with Crippen LogP contribution in [0.15, 0.2) is 41.8 Å². The van der Waals surface area contributed by atoms with Crippen LogP contribution in [-0.4, -0.2) is 49.5 Å². The quantitative estimate of drug-likeness (QED) is 0.513. The number of hydrogen-bond acceptors (Lipinski definition) is 7. The molecule has 3 aromatic heterocycles. The molecule has 0 N–H and O–H groups in total. The fourth-order valence-electron chi connectivity index (χ4n) is 4.20. The molecule has 0 radical (unpaired) electrons. The molecule has 9 nitrogen and oxygen atoms in total. The number of anilines is 1. The van der Waals surface area contributed by atoms with Crippen molar-refractivity contribution in [3.63, 3.8) is 0 Å². The number of aromatic nitrogens is 6. The van der Waals surface area contributed by atoms with Gasteiger partial charge in [-0.05, 0) is 30.9 Å². The van der Waals surface area contributed by atoms with E-state index in [1.807, 2.05) is 13.2 Å². The predicted octanol–water partition coefficient (Wildman–Crippen LogP) is 2.00. The number of hydrogen-bond donors (Lipinski definition) is 0. The van der Waals surface area contributed by atoms with Gasteiger partial charge in [-0.1, -0.05) is 0 Å². The molecule has 5 rings (SSSR count). The molecule has 4 heterocycles. The summed E-state index contributed by atoms with van der Waals surface area (Å²) in [5, 5.41) is 5.90. The summed E-state index contributed by atoms with van der Waals surface area (Å²) in [7, 11) is 3.49. The van der Waals surface area contributed by atoms with Gasteiger partial charge in [0.25, 0.3) is 5.56 Å². The molecule has 0 bridgehead atoms. The first-order valence-corrected chi connectivity index (χ1v) is 10.0. The molecule has 4 aromatic rings. The zero-order valence-corrected chi connectivity index (χ0v) is 17.0. The normalized spacial score (nSPS) is 15.2. The van der Waals surface area contributed by atoms with E-state index in [2.05, 4.69) is 25.0 Å². The summed E-state index contributed by atoms with van der Waals surface area (Å²) in [4.78, 5) is 28.5. The summed E-state index contributed by atoms with van der Waals surface area (Å²) in [6.45, 7) is 2.45. The smallest absolute Gasteiger partial charge is 0.261 e. The molecule has 0 unspecified atom stereocenters. The summed E-state index contributed by atoms with van der Waals surface area (Å²) in [6.07, 6.45) is 7.05. The topological polar surface area (TPSA) is 91.0 Å². The first kappa shape index (κ1) is 18.5. The third kappa shape index (κ3) is 3.16. The summed E-state index contributed by atoms with van der Waals surface area (Å²) in [5.74, 6) is 2.06. The minimum Gasteiger partial charge on any atom is -0.497 e. The Labute approximate surface area is 172 Å². The summed E-state index contributed by atoms with van der Waals surface area (Å²) in [5.41, 5.74) is 1.50. The zero-order valence-electron chi connectivity index (χ0n) is 17.0. The molecular weight excluding hydrogens is 382 g/mol. The molecule has 9 heteroatoms. The fourth-order valence-corrected chi connectivity index (χ4v) is 4.20. The van der Waals surface area contributed by atoms with Crippen molar-refractivity contribution in [1.29, 1.82) is 0 Å². The first-order valence-electron chi connectivity index (χ1n) is 10.0. The summed E-state index contributed by atoms with van der Waals surface area (Å²) in [6, 6.07) is 5.38. The highest BCUT2D eigenvalue weighted by Gasteiger charge is 2.23. The van der Waals surface area contributed by atoms with E-state index >= 15 is 0 Å². The maximum Gasteiger partial charge on any atom is 0.261 e. The lowest BCUT2D eigenvalue weighted by Crippen LogP contribution is -2.37. The minimum atomic E-state index is -0.00190. The number of rotatable bonds is 4. The molecule has 0 aliphatic carbocycles. The van der Waals surface area contributed by atoms with Gasteiger partial charge in [0.15, 0.2) is 5.65 Å². The monoisotopic (exact) mass is 405 g/mol. The van der Waals surface area contributed by atoms with Gasteiger partial charge in [0.2, 0.25) is 0 Å². The van der Waals surface area contributed by atoms with Crippen LogP contribution in [0.1, 0.15) is 12.8 Å². The zero-order chi connectivity index (χ0) is 20.7. The Balaban J connectivity index is 1.31. The van der Waals surface area contributed by atoms with Gasteiger partial charge in [-0.15, -0.1) is 0 Å². The molecule has 1 saturated heterocycles. The highest BCUT2D eigenvalue weighted by molar-refractivity contribution is 5.86. The van der Waals surface area contributed by atoms with Gasteiger partial charge in [-0.3, -0.25) is 14.0 Å². The van der Waals surface area contributed by atoms with Crippen LogP contribution in [0.4, 0.5) is 5.82 Å². The lowest BCUT2D eigenvalue weighted by molar-refractivity contribution is 0.351. The van der Waals surface area contributed by atoms with Gasteiger partial charge in [-0.2, -0.15) is 5.10 Å². The highest BCUT2D eigenvalue weighted by atomic mass is 16.5. The number of ether oxygens (including phenoxy) is 1. The van der Waals surface area contributed by atoms with Gasteiger partial charge in [-0.25, -0.2) is 15.0 Å². The molecule has 0 atom stereocenters. The molecule has 1 aliphatic heterocycles. The molecule has 0 saturated carbocycles. The van der Waals surface area contributed by atoms with Crippen molar-refractivity contribution in [2.24, 2.45) is 13.0 Å². The van der Waals surface area contributed by atoms with Gasteiger partial charge in [0, 0.05) is 32.7 Å². The van der Waals surface area contributed by atoms with Crippen LogP contribution in [0.25, 0.3) is 21.9 Å². The van der Waals surface area contributed by atoms with Crippen LogP contribution in [0, 0.1) is 5.92 Å². The Morgan fingerprint density at radius 2 is 1.97 bits per heavy atom. The first-order chi connectivity index (χ1) is 14.6. The molecule has 30 heavy (non-hydrogen) atoms. The standard InChI is InChI=1S/C21H23N7O2/c1-26-19-17(10-25-26)20(23-12-22-19)27-7-5-14(6-8-27)11-28-13-24-18-9-15(30-2)3-4-16(18)21(28)29/h3-4,9-10,12-14H,5-8,11H2,1-2H3. The van der Waals surface area contributed by atoms with Crippen molar-refractivity contribution in [2.75, 3.05) is 25.1 Å². The highest BCUT2D eigenvalue weighted by Crippen LogP contribution is 2.27. The molecule has 1 aliphatic rings. The van der Waals surface area contributed by atoms with E-state index in [-0.39, 0.29) is 5.56 Å². The lowest BCUT2D eigenvalue weighted by atomic mass is 9.96. The lowest BCUT2D eigenvalue weighted by Gasteiger charge is -2.33. The molecular formula is C21H23N7O2. The van der Waals surface area contributed by atoms with Crippen LogP contribution in [0.5, 0.6) is 5.75 Å². The van der Waals surface area contributed by atoms with E-state index in [1.54, 1.807) is 47.2 Å². The SMILES string of the molecule is COc1ccc2c(=O)n(CC3CCN(c4ncnc5c4cnn5C)CC3)cnc2c1. The Kier molecular flexibility index (Phi) is 4.57. The maximum atomic E-state index is 12.9. The van der Waals surface area contributed by atoms with E-state index in [1.165, 1.54) is 0 Å². The number of piperidine rings is 1. The largest absolute Gasteiger partial charge is 0.497 e. The van der Waals surface area contributed by atoms with Gasteiger partial charge < -0.3 is 9.64 Å². The van der Waals surface area contributed by atoms with Crippen LogP contribution < -0.4 is 15.2 Å². The van der Waals surface area contributed by atoms with Gasteiger partial charge >= 0.3 is 0 Å². The average Bonchev–Trinajstić information content (AvgIpc) is 3.17. The number of methoxy groups -OCH3 is 1. The molecule has 0 spiro atoms. The van der Waals surface area contributed by atoms with E-state index in [0.717, 1.165) is 42.8 Å². The Morgan fingerprint density at radius 1 is 1.13 bits per heavy atom. The maximum absolute atomic E-state index is 12.9. The second kappa shape index (κ2) is 7.40. The molecule has 154 valence electrons. The summed E-state index contributed by atoms with van der Waals surface area (Å²) < 4.78 is 8.72. The Hall–Kier alpha value is -3.49. The summed E-state index contributed by atoms with van der Waals surface area (Å²) >= 11 is 0. The van der Waals surface area contributed by atoms with E-state index in [4.69, 9.17) is 4.74 Å². The molecule has 0 amide bonds. The van der Waals surface area contributed by atoms with Crippen molar-refractivity contribution in [3.05, 3.63) is 47.4 Å². The van der Waals surface area contributed by atoms with Crippen molar-refractivity contribution >= 4 is 27.8 Å². The van der Waals surface area contributed by atoms with E-state index in [0.29, 0.717) is 29.1 Å². The van der Waals surface area contributed by atoms with Crippen molar-refractivity contribution < 1.29 is 4.74 Å².